The first-order valence-corrected chi connectivity index (χ1v) is 16.2. The lowest BCUT2D eigenvalue weighted by molar-refractivity contribution is -0.275. The number of phenols is 2. The number of alkyl carbamates (subject to hydrolysis) is 1. The first-order valence-electron chi connectivity index (χ1n) is 16.2. The number of phenolic OH excluding ortho intramolecular Hbond substituents is 2. The number of ketones is 3. The second-order valence-corrected chi connectivity index (χ2v) is 13.2. The van der Waals surface area contributed by atoms with Crippen molar-refractivity contribution >= 4 is 29.1 Å². The summed E-state index contributed by atoms with van der Waals surface area (Å²) >= 11 is 0. The molecule has 1 unspecified atom stereocenters. The summed E-state index contributed by atoms with van der Waals surface area (Å²) in [4.78, 5) is 53.5. The Kier molecular flexibility index (Phi) is 9.29. The summed E-state index contributed by atoms with van der Waals surface area (Å²) in [7, 11) is 1.31. The minimum atomic E-state index is -2.37. The fourth-order valence-electron chi connectivity index (χ4n) is 7.30. The largest absolute Gasteiger partial charge is 0.507 e. The summed E-state index contributed by atoms with van der Waals surface area (Å²) in [6.07, 6.45) is -5.75. The first kappa shape index (κ1) is 35.8. The lowest BCUT2D eigenvalue weighted by Crippen LogP contribution is -2.58. The molecule has 1 saturated heterocycles. The summed E-state index contributed by atoms with van der Waals surface area (Å²) < 4.78 is 22.9. The number of aliphatic hydroxyl groups excluding tert-OH is 2. The van der Waals surface area contributed by atoms with Gasteiger partial charge in [0.05, 0.1) is 35.9 Å². The van der Waals surface area contributed by atoms with Gasteiger partial charge in [-0.25, -0.2) is 4.79 Å². The van der Waals surface area contributed by atoms with Gasteiger partial charge in [-0.3, -0.25) is 14.4 Å². The molecule has 51 heavy (non-hydrogen) atoms. The van der Waals surface area contributed by atoms with E-state index in [9.17, 15) is 44.7 Å². The Bertz CT molecular complexity index is 1930. The van der Waals surface area contributed by atoms with E-state index in [1.165, 1.54) is 39.2 Å². The third-order valence-electron chi connectivity index (χ3n) is 9.76. The molecule has 0 radical (unpaired) electrons. The van der Waals surface area contributed by atoms with Crippen LogP contribution < -0.4 is 15.8 Å². The van der Waals surface area contributed by atoms with E-state index in [1.807, 2.05) is 0 Å². The predicted octanol–water partition coefficient (Wildman–Crippen LogP) is 1.73. The monoisotopic (exact) mass is 706 g/mol. The van der Waals surface area contributed by atoms with Gasteiger partial charge in [-0.05, 0) is 37.6 Å². The molecule has 3 aliphatic rings. The third-order valence-corrected chi connectivity index (χ3v) is 9.76. The number of nitrogen functional groups attached to an aromatic ring is 1. The number of anilines is 1. The lowest BCUT2D eigenvalue weighted by Gasteiger charge is -2.47. The smallest absolute Gasteiger partial charge is 0.407 e. The molecule has 3 aromatic rings. The van der Waals surface area contributed by atoms with E-state index in [0.717, 1.165) is 0 Å². The molecule has 0 saturated carbocycles. The van der Waals surface area contributed by atoms with Gasteiger partial charge in [0.2, 0.25) is 5.78 Å². The van der Waals surface area contributed by atoms with Gasteiger partial charge in [0, 0.05) is 41.6 Å². The van der Waals surface area contributed by atoms with Crippen molar-refractivity contribution in [3.05, 3.63) is 81.4 Å². The van der Waals surface area contributed by atoms with E-state index in [-0.39, 0.29) is 41.0 Å². The number of carbonyl (C=O) groups is 4. The SMILES string of the molecule is COc1cccc2c1C(=O)c1c(O)c3c(c(O)c1C2=O)C[C@@](O)(C(=O)CO)C[C@]3(C)O[C@H]1CC(NC(=O)OCc2ccc(N)cc2)[C@H](O)[C@H](C)O1. The summed E-state index contributed by atoms with van der Waals surface area (Å²) in [6, 6.07) is 10.00. The van der Waals surface area contributed by atoms with Crippen LogP contribution in [0.4, 0.5) is 10.5 Å². The van der Waals surface area contributed by atoms with Crippen LogP contribution in [-0.2, 0) is 37.6 Å². The molecule has 6 atom stereocenters. The van der Waals surface area contributed by atoms with Crippen molar-refractivity contribution in [2.45, 2.75) is 75.5 Å². The Balaban J connectivity index is 1.36. The van der Waals surface area contributed by atoms with Gasteiger partial charge >= 0.3 is 6.09 Å². The van der Waals surface area contributed by atoms with Crippen molar-refractivity contribution in [2.75, 3.05) is 19.5 Å². The first-order chi connectivity index (χ1) is 24.1. The second kappa shape index (κ2) is 13.2. The number of fused-ring (bicyclic) bond motifs is 3. The maximum atomic E-state index is 14.0. The zero-order valence-electron chi connectivity index (χ0n) is 28.0. The lowest BCUT2D eigenvalue weighted by atomic mass is 9.67. The number of ether oxygens (including phenoxy) is 4. The van der Waals surface area contributed by atoms with E-state index in [0.29, 0.717) is 11.3 Å². The fourth-order valence-corrected chi connectivity index (χ4v) is 7.30. The van der Waals surface area contributed by atoms with Crippen LogP contribution in [-0.4, -0.2) is 92.8 Å². The number of Topliss-reactive ketones (excluding diaryl/α,β-unsaturated/α-hetero) is 1. The third kappa shape index (κ3) is 6.16. The quantitative estimate of drug-likeness (QED) is 0.102. The van der Waals surface area contributed by atoms with E-state index in [2.05, 4.69) is 5.32 Å². The molecule has 270 valence electrons. The second-order valence-electron chi connectivity index (χ2n) is 13.2. The van der Waals surface area contributed by atoms with Gasteiger partial charge in [0.15, 0.2) is 17.9 Å². The molecule has 2 aliphatic carbocycles. The van der Waals surface area contributed by atoms with Gasteiger partial charge in [0.1, 0.15) is 47.8 Å². The molecular formula is C36H38N2O13. The molecule has 15 nitrogen and oxygen atoms in total. The highest BCUT2D eigenvalue weighted by molar-refractivity contribution is 6.31. The van der Waals surface area contributed by atoms with Crippen LogP contribution in [0.1, 0.15) is 75.2 Å². The number of hydrogen-bond donors (Lipinski definition) is 7. The molecule has 6 rings (SSSR count). The minimum absolute atomic E-state index is 0.0590. The number of nitrogens with one attached hydrogen (secondary N) is 1. The fraction of sp³-hybridized carbons (Fsp3) is 0.389. The van der Waals surface area contributed by atoms with Crippen LogP contribution in [0.3, 0.4) is 0 Å². The Morgan fingerprint density at radius 3 is 2.39 bits per heavy atom. The van der Waals surface area contributed by atoms with E-state index in [1.54, 1.807) is 24.3 Å². The maximum Gasteiger partial charge on any atom is 0.407 e. The van der Waals surface area contributed by atoms with Crippen molar-refractivity contribution in [2.24, 2.45) is 0 Å². The van der Waals surface area contributed by atoms with Gasteiger partial charge in [0.25, 0.3) is 0 Å². The number of benzene rings is 3. The molecular weight excluding hydrogens is 668 g/mol. The highest BCUT2D eigenvalue weighted by atomic mass is 16.7. The number of aromatic hydroxyl groups is 2. The van der Waals surface area contributed by atoms with Crippen LogP contribution in [0.25, 0.3) is 0 Å². The van der Waals surface area contributed by atoms with Crippen LogP contribution in [0, 0.1) is 0 Å². The Morgan fingerprint density at radius 1 is 1.04 bits per heavy atom. The Hall–Kier alpha value is -5.06. The molecule has 1 heterocycles. The highest BCUT2D eigenvalue weighted by Gasteiger charge is 2.55. The number of hydrogen-bond acceptors (Lipinski definition) is 14. The zero-order valence-corrected chi connectivity index (χ0v) is 28.0. The van der Waals surface area contributed by atoms with Crippen LogP contribution >= 0.6 is 0 Å². The average molecular weight is 707 g/mol. The summed E-state index contributed by atoms with van der Waals surface area (Å²) in [5.41, 5.74) is 0.836. The van der Waals surface area contributed by atoms with E-state index in [4.69, 9.17) is 24.7 Å². The number of methoxy groups -OCH3 is 1. The Labute approximate surface area is 291 Å². The number of aliphatic hydroxyl groups is 3. The summed E-state index contributed by atoms with van der Waals surface area (Å²) in [5, 5.41) is 58.4. The Morgan fingerprint density at radius 2 is 1.73 bits per heavy atom. The van der Waals surface area contributed by atoms with E-state index < -0.39 is 101 Å². The number of amides is 1. The average Bonchev–Trinajstić information content (AvgIpc) is 3.09. The highest BCUT2D eigenvalue weighted by Crippen LogP contribution is 2.55. The molecule has 0 aromatic heterocycles. The molecule has 1 fully saturated rings. The van der Waals surface area contributed by atoms with Gasteiger partial charge in [-0.2, -0.15) is 0 Å². The molecule has 15 heteroatoms. The van der Waals surface area contributed by atoms with Gasteiger partial charge < -0.3 is 55.5 Å². The standard InChI is InChI=1S/C36H38N2O13/c1-16-29(41)21(38-34(46)49-14-17-7-9-18(37)10-8-17)11-24(50-16)51-35(2)15-36(47,23(40)13-39)12-20-28(35)33(45)27-26(31(20)43)30(42)19-5-4-6-22(48-3)25(19)32(27)44/h4-10,16,21,24,29,39,41,43,45,47H,11-15,37H2,1-3H3,(H,38,46)/t16-,21?,24-,29+,35-,36-/m0/s1. The zero-order chi connectivity index (χ0) is 37.0. The maximum absolute atomic E-state index is 14.0. The van der Waals surface area contributed by atoms with Gasteiger partial charge in [-0.1, -0.05) is 24.3 Å². The summed E-state index contributed by atoms with van der Waals surface area (Å²) in [6.45, 7) is 1.72. The van der Waals surface area contributed by atoms with Crippen molar-refractivity contribution in [3.63, 3.8) is 0 Å². The number of nitrogens with two attached hydrogens (primary N) is 1. The molecule has 1 amide bonds. The molecule has 3 aromatic carbocycles. The molecule has 0 spiro atoms. The topological polar surface area (TPSA) is 244 Å². The van der Waals surface area contributed by atoms with Gasteiger partial charge in [-0.15, -0.1) is 0 Å². The molecule has 8 N–H and O–H groups in total. The minimum Gasteiger partial charge on any atom is -0.507 e. The summed E-state index contributed by atoms with van der Waals surface area (Å²) in [5.74, 6) is -4.11. The molecule has 1 aliphatic heterocycles. The van der Waals surface area contributed by atoms with Crippen molar-refractivity contribution in [1.29, 1.82) is 0 Å². The van der Waals surface area contributed by atoms with Crippen molar-refractivity contribution in [3.8, 4) is 17.2 Å². The number of carbonyl (C=O) groups excluding carboxylic acids is 4. The molecule has 0 bridgehead atoms. The van der Waals surface area contributed by atoms with Crippen LogP contribution in [0.15, 0.2) is 42.5 Å². The predicted molar refractivity (Wildman–Crippen MR) is 176 cm³/mol. The van der Waals surface area contributed by atoms with Crippen molar-refractivity contribution < 1.29 is 63.7 Å². The van der Waals surface area contributed by atoms with E-state index >= 15 is 0 Å². The normalized spacial score (nSPS) is 26.8. The van der Waals surface area contributed by atoms with Crippen LogP contribution in [0.5, 0.6) is 17.2 Å². The van der Waals surface area contributed by atoms with Crippen LogP contribution in [0.2, 0.25) is 0 Å². The van der Waals surface area contributed by atoms with Crippen molar-refractivity contribution in [1.82, 2.24) is 5.32 Å². The number of rotatable bonds is 8.